The van der Waals surface area contributed by atoms with Crippen molar-refractivity contribution in [1.29, 1.82) is 0 Å². The number of halogens is 2. The van der Waals surface area contributed by atoms with Gasteiger partial charge < -0.3 is 5.73 Å². The van der Waals surface area contributed by atoms with Gasteiger partial charge in [0.1, 0.15) is 0 Å². The Labute approximate surface area is 92.9 Å². The van der Waals surface area contributed by atoms with Gasteiger partial charge in [0.05, 0.1) is 3.79 Å². The first-order valence-electron chi connectivity index (χ1n) is 3.45. The molecule has 1 aromatic heterocycles. The monoisotopic (exact) mass is 309 g/mol. The Bertz CT molecular complexity index is 285. The SMILES string of the molecule is CC(=Cc1cc(Br)c(Br)s1)CN. The molecule has 1 nitrogen and oxygen atoms in total. The van der Waals surface area contributed by atoms with Gasteiger partial charge in [0.15, 0.2) is 0 Å². The Morgan fingerprint density at radius 3 is 2.75 bits per heavy atom. The van der Waals surface area contributed by atoms with Crippen LogP contribution in [0.2, 0.25) is 0 Å². The average Bonchev–Trinajstić information content (AvgIpc) is 2.31. The maximum absolute atomic E-state index is 5.48. The molecule has 0 aliphatic heterocycles. The summed E-state index contributed by atoms with van der Waals surface area (Å²) in [6.07, 6.45) is 2.10. The molecule has 0 amide bonds. The van der Waals surface area contributed by atoms with Crippen LogP contribution in [0.4, 0.5) is 0 Å². The standard InChI is InChI=1S/C8H9Br2NS/c1-5(4-11)2-6-3-7(9)8(10)12-6/h2-3H,4,11H2,1H3. The van der Waals surface area contributed by atoms with Crippen molar-refractivity contribution in [3.8, 4) is 0 Å². The summed E-state index contributed by atoms with van der Waals surface area (Å²) < 4.78 is 2.22. The predicted octanol–water partition coefficient (Wildman–Crippen LogP) is 3.64. The molecule has 0 spiro atoms. The predicted molar refractivity (Wildman–Crippen MR) is 62.4 cm³/mol. The van der Waals surface area contributed by atoms with E-state index in [0.717, 1.165) is 8.26 Å². The molecule has 0 aliphatic rings. The first kappa shape index (κ1) is 10.4. The van der Waals surface area contributed by atoms with Crippen LogP contribution in [0.25, 0.3) is 6.08 Å². The van der Waals surface area contributed by atoms with Gasteiger partial charge in [0, 0.05) is 15.9 Å². The number of hydrogen-bond donors (Lipinski definition) is 1. The zero-order valence-corrected chi connectivity index (χ0v) is 10.6. The van der Waals surface area contributed by atoms with Crippen LogP contribution in [-0.2, 0) is 0 Å². The minimum atomic E-state index is 0.618. The summed E-state index contributed by atoms with van der Waals surface area (Å²) in [7, 11) is 0. The zero-order chi connectivity index (χ0) is 9.14. The number of rotatable bonds is 2. The molecule has 0 saturated carbocycles. The number of nitrogens with two attached hydrogens (primary N) is 1. The van der Waals surface area contributed by atoms with Gasteiger partial charge in [-0.2, -0.15) is 0 Å². The molecule has 0 fully saturated rings. The minimum absolute atomic E-state index is 0.618. The van der Waals surface area contributed by atoms with Gasteiger partial charge in [0.25, 0.3) is 0 Å². The quantitative estimate of drug-likeness (QED) is 0.887. The number of thiophene rings is 1. The van der Waals surface area contributed by atoms with Crippen LogP contribution in [0.15, 0.2) is 19.9 Å². The normalized spacial score (nSPS) is 12.2. The van der Waals surface area contributed by atoms with Gasteiger partial charge in [-0.1, -0.05) is 5.57 Å². The Morgan fingerprint density at radius 2 is 2.33 bits per heavy atom. The highest BCUT2D eigenvalue weighted by atomic mass is 79.9. The third-order valence-corrected chi connectivity index (χ3v) is 4.58. The molecule has 1 heterocycles. The molecule has 1 aromatic rings. The lowest BCUT2D eigenvalue weighted by Crippen LogP contribution is -1.98. The summed E-state index contributed by atoms with van der Waals surface area (Å²) >= 11 is 8.57. The van der Waals surface area contributed by atoms with E-state index in [4.69, 9.17) is 5.73 Å². The van der Waals surface area contributed by atoms with Crippen molar-refractivity contribution in [2.75, 3.05) is 6.54 Å². The molecule has 0 bridgehead atoms. The third kappa shape index (κ3) is 2.69. The second-order valence-electron chi connectivity index (χ2n) is 2.47. The second-order valence-corrected chi connectivity index (χ2v) is 5.72. The van der Waals surface area contributed by atoms with Gasteiger partial charge >= 0.3 is 0 Å². The Hall–Kier alpha value is 0.360. The molecule has 0 radical (unpaired) electrons. The molecular formula is C8H9Br2NS. The van der Waals surface area contributed by atoms with Crippen molar-refractivity contribution < 1.29 is 0 Å². The highest BCUT2D eigenvalue weighted by Gasteiger charge is 2.01. The van der Waals surface area contributed by atoms with Crippen molar-refractivity contribution in [3.05, 3.63) is 24.8 Å². The van der Waals surface area contributed by atoms with E-state index in [1.54, 1.807) is 11.3 Å². The Balaban J connectivity index is 2.90. The molecule has 2 N–H and O–H groups in total. The van der Waals surface area contributed by atoms with Crippen LogP contribution in [0.1, 0.15) is 11.8 Å². The van der Waals surface area contributed by atoms with Crippen molar-refractivity contribution >= 4 is 49.3 Å². The molecule has 0 atom stereocenters. The highest BCUT2D eigenvalue weighted by Crippen LogP contribution is 2.33. The van der Waals surface area contributed by atoms with Gasteiger partial charge in [-0.05, 0) is 50.9 Å². The van der Waals surface area contributed by atoms with E-state index in [1.165, 1.54) is 10.5 Å². The molecular weight excluding hydrogens is 302 g/mol. The molecule has 0 saturated heterocycles. The van der Waals surface area contributed by atoms with E-state index in [-0.39, 0.29) is 0 Å². The van der Waals surface area contributed by atoms with Gasteiger partial charge in [0.2, 0.25) is 0 Å². The van der Waals surface area contributed by atoms with E-state index < -0.39 is 0 Å². The van der Waals surface area contributed by atoms with E-state index in [1.807, 2.05) is 6.92 Å². The molecule has 0 aromatic carbocycles. The Morgan fingerprint density at radius 1 is 1.67 bits per heavy atom. The summed E-state index contributed by atoms with van der Waals surface area (Å²) in [4.78, 5) is 1.22. The van der Waals surface area contributed by atoms with Crippen LogP contribution in [0.3, 0.4) is 0 Å². The summed E-state index contributed by atoms with van der Waals surface area (Å²) in [6.45, 7) is 2.65. The Kier molecular flexibility index (Phi) is 3.96. The molecule has 0 unspecified atom stereocenters. The van der Waals surface area contributed by atoms with Crippen LogP contribution in [-0.4, -0.2) is 6.54 Å². The van der Waals surface area contributed by atoms with Crippen LogP contribution < -0.4 is 5.73 Å². The van der Waals surface area contributed by atoms with Crippen LogP contribution >= 0.6 is 43.2 Å². The maximum Gasteiger partial charge on any atom is 0.0846 e. The van der Waals surface area contributed by atoms with Crippen molar-refractivity contribution in [2.24, 2.45) is 5.73 Å². The average molecular weight is 311 g/mol. The summed E-state index contributed by atoms with van der Waals surface area (Å²) in [5, 5.41) is 0. The second kappa shape index (κ2) is 4.56. The smallest absolute Gasteiger partial charge is 0.0846 e. The van der Waals surface area contributed by atoms with Crippen LogP contribution in [0.5, 0.6) is 0 Å². The molecule has 0 aliphatic carbocycles. The lowest BCUT2D eigenvalue weighted by molar-refractivity contribution is 1.15. The van der Waals surface area contributed by atoms with E-state index in [9.17, 15) is 0 Å². The van der Waals surface area contributed by atoms with Crippen molar-refractivity contribution in [1.82, 2.24) is 0 Å². The molecule has 12 heavy (non-hydrogen) atoms. The zero-order valence-electron chi connectivity index (χ0n) is 6.60. The summed E-state index contributed by atoms with van der Waals surface area (Å²) in [5.41, 5.74) is 6.67. The van der Waals surface area contributed by atoms with Gasteiger partial charge in [-0.15, -0.1) is 11.3 Å². The fourth-order valence-electron chi connectivity index (χ4n) is 0.736. The highest BCUT2D eigenvalue weighted by molar-refractivity contribution is 9.13. The largest absolute Gasteiger partial charge is 0.327 e. The fourth-order valence-corrected chi connectivity index (χ4v) is 2.85. The van der Waals surface area contributed by atoms with Crippen molar-refractivity contribution in [2.45, 2.75) is 6.92 Å². The minimum Gasteiger partial charge on any atom is -0.327 e. The molecule has 66 valence electrons. The van der Waals surface area contributed by atoms with E-state index >= 15 is 0 Å². The summed E-state index contributed by atoms with van der Waals surface area (Å²) in [6, 6.07) is 2.08. The van der Waals surface area contributed by atoms with Crippen molar-refractivity contribution in [3.63, 3.8) is 0 Å². The lowest BCUT2D eigenvalue weighted by atomic mass is 10.2. The lowest BCUT2D eigenvalue weighted by Gasteiger charge is -1.91. The maximum atomic E-state index is 5.48. The molecule has 4 heteroatoms. The third-order valence-electron chi connectivity index (χ3n) is 1.37. The first-order chi connectivity index (χ1) is 5.63. The molecule has 1 rings (SSSR count). The van der Waals surface area contributed by atoms with Gasteiger partial charge in [-0.3, -0.25) is 0 Å². The fraction of sp³-hybridized carbons (Fsp3) is 0.250. The van der Waals surface area contributed by atoms with Gasteiger partial charge in [-0.25, -0.2) is 0 Å². The first-order valence-corrected chi connectivity index (χ1v) is 5.86. The topological polar surface area (TPSA) is 26.0 Å². The van der Waals surface area contributed by atoms with Crippen LogP contribution in [0, 0.1) is 0 Å². The van der Waals surface area contributed by atoms with E-state index in [2.05, 4.69) is 44.0 Å². The summed E-state index contributed by atoms with van der Waals surface area (Å²) in [5.74, 6) is 0. The number of hydrogen-bond acceptors (Lipinski definition) is 2. The van der Waals surface area contributed by atoms with E-state index in [0.29, 0.717) is 6.54 Å².